The first kappa shape index (κ1) is 15.3. The summed E-state index contributed by atoms with van der Waals surface area (Å²) in [6.45, 7) is 10.4. The third kappa shape index (κ3) is 4.46. The van der Waals surface area contributed by atoms with Crippen LogP contribution in [0.2, 0.25) is 0 Å². The highest BCUT2D eigenvalue weighted by atomic mass is 32.2. The van der Waals surface area contributed by atoms with E-state index in [0.29, 0.717) is 5.41 Å². The Balaban J connectivity index is 2.51. The predicted octanol–water partition coefficient (Wildman–Crippen LogP) is 2.84. The Bertz CT molecular complexity index is 198. The van der Waals surface area contributed by atoms with E-state index in [1.165, 1.54) is 43.9 Å². The summed E-state index contributed by atoms with van der Waals surface area (Å²) in [4.78, 5) is 2.62. The Morgan fingerprint density at radius 1 is 1.29 bits per heavy atom. The molecule has 1 aliphatic rings. The molecule has 1 aliphatic heterocycles. The van der Waals surface area contributed by atoms with Gasteiger partial charge in [-0.3, -0.25) is 0 Å². The van der Waals surface area contributed by atoms with Gasteiger partial charge in [-0.2, -0.15) is 11.8 Å². The summed E-state index contributed by atoms with van der Waals surface area (Å²) in [5.41, 5.74) is 0.470. The van der Waals surface area contributed by atoms with E-state index < -0.39 is 0 Å². The van der Waals surface area contributed by atoms with Crippen LogP contribution in [0.5, 0.6) is 0 Å². The minimum Gasteiger partial charge on any atom is -0.316 e. The van der Waals surface area contributed by atoms with E-state index in [-0.39, 0.29) is 0 Å². The predicted molar refractivity (Wildman–Crippen MR) is 79.9 cm³/mol. The zero-order chi connectivity index (χ0) is 12.7. The molecule has 0 saturated carbocycles. The van der Waals surface area contributed by atoms with E-state index in [2.05, 4.69) is 49.8 Å². The lowest BCUT2D eigenvalue weighted by atomic mass is 9.81. The quantitative estimate of drug-likeness (QED) is 0.721. The highest BCUT2D eigenvalue weighted by Crippen LogP contribution is 2.29. The van der Waals surface area contributed by atoms with Gasteiger partial charge < -0.3 is 10.2 Å². The fourth-order valence-corrected chi connectivity index (χ4v) is 4.00. The lowest BCUT2D eigenvalue weighted by Gasteiger charge is -2.38. The second-order valence-electron chi connectivity index (χ2n) is 5.42. The van der Waals surface area contributed by atoms with Gasteiger partial charge in [0.25, 0.3) is 0 Å². The van der Waals surface area contributed by atoms with Gasteiger partial charge in [0.15, 0.2) is 0 Å². The van der Waals surface area contributed by atoms with E-state index >= 15 is 0 Å². The second-order valence-corrected chi connectivity index (χ2v) is 6.57. The molecule has 0 bridgehead atoms. The normalized spacial score (nSPS) is 21.4. The van der Waals surface area contributed by atoms with Crippen LogP contribution in [0.1, 0.15) is 40.0 Å². The molecule has 1 unspecified atom stereocenters. The molecule has 3 heteroatoms. The highest BCUT2D eigenvalue weighted by molar-refractivity contribution is 7.99. The van der Waals surface area contributed by atoms with E-state index in [0.717, 1.165) is 12.6 Å². The zero-order valence-electron chi connectivity index (χ0n) is 12.1. The van der Waals surface area contributed by atoms with Crippen molar-refractivity contribution in [2.24, 2.45) is 5.41 Å². The number of nitrogens with one attached hydrogen (secondary N) is 1. The van der Waals surface area contributed by atoms with Gasteiger partial charge in [-0.05, 0) is 44.0 Å². The first-order valence-corrected chi connectivity index (χ1v) is 8.31. The van der Waals surface area contributed by atoms with E-state index in [1.54, 1.807) is 0 Å². The maximum Gasteiger partial charge on any atom is 0.0191 e. The van der Waals surface area contributed by atoms with Crippen LogP contribution >= 0.6 is 11.8 Å². The lowest BCUT2D eigenvalue weighted by molar-refractivity contribution is 0.130. The van der Waals surface area contributed by atoms with Gasteiger partial charge in [-0.15, -0.1) is 0 Å². The zero-order valence-corrected chi connectivity index (χ0v) is 12.9. The van der Waals surface area contributed by atoms with Crippen molar-refractivity contribution in [3.05, 3.63) is 0 Å². The average molecular weight is 258 g/mol. The van der Waals surface area contributed by atoms with E-state index in [9.17, 15) is 0 Å². The van der Waals surface area contributed by atoms with Crippen LogP contribution in [0.3, 0.4) is 0 Å². The molecule has 1 atom stereocenters. The molecule has 17 heavy (non-hydrogen) atoms. The van der Waals surface area contributed by atoms with Gasteiger partial charge in [0.1, 0.15) is 0 Å². The van der Waals surface area contributed by atoms with Crippen molar-refractivity contribution >= 4 is 11.8 Å². The van der Waals surface area contributed by atoms with Crippen LogP contribution in [-0.2, 0) is 0 Å². The number of hydrogen-bond acceptors (Lipinski definition) is 3. The monoisotopic (exact) mass is 258 g/mol. The third-order valence-electron chi connectivity index (χ3n) is 4.36. The molecule has 0 radical (unpaired) electrons. The summed E-state index contributed by atoms with van der Waals surface area (Å²) in [5.74, 6) is 2.69. The Kier molecular flexibility index (Phi) is 6.90. The number of rotatable bonds is 8. The summed E-state index contributed by atoms with van der Waals surface area (Å²) in [7, 11) is 2.32. The fourth-order valence-electron chi connectivity index (χ4n) is 2.70. The van der Waals surface area contributed by atoms with Crippen molar-refractivity contribution in [1.82, 2.24) is 10.2 Å². The minimum absolute atomic E-state index is 0.470. The largest absolute Gasteiger partial charge is 0.316 e. The number of nitrogens with zero attached hydrogens (tertiary/aromatic N) is 1. The minimum atomic E-state index is 0.470. The fraction of sp³-hybridized carbons (Fsp3) is 1.00. The Morgan fingerprint density at radius 2 is 2.00 bits per heavy atom. The molecule has 1 N–H and O–H groups in total. The Morgan fingerprint density at radius 3 is 2.47 bits per heavy atom. The van der Waals surface area contributed by atoms with Crippen molar-refractivity contribution in [2.45, 2.75) is 46.1 Å². The Hall–Kier alpha value is 0.270. The summed E-state index contributed by atoms with van der Waals surface area (Å²) < 4.78 is 0. The molecular weight excluding hydrogens is 228 g/mol. The van der Waals surface area contributed by atoms with Gasteiger partial charge in [0.05, 0.1) is 0 Å². The van der Waals surface area contributed by atoms with Crippen LogP contribution in [-0.4, -0.2) is 49.1 Å². The molecule has 1 rings (SSSR count). The van der Waals surface area contributed by atoms with Gasteiger partial charge in [-0.25, -0.2) is 0 Å². The lowest BCUT2D eigenvalue weighted by Crippen LogP contribution is -2.45. The van der Waals surface area contributed by atoms with E-state index in [4.69, 9.17) is 0 Å². The van der Waals surface area contributed by atoms with Crippen LogP contribution in [0.15, 0.2) is 0 Å². The van der Waals surface area contributed by atoms with Crippen molar-refractivity contribution in [1.29, 1.82) is 0 Å². The van der Waals surface area contributed by atoms with Crippen molar-refractivity contribution in [3.8, 4) is 0 Å². The van der Waals surface area contributed by atoms with Gasteiger partial charge >= 0.3 is 0 Å². The maximum atomic E-state index is 3.56. The smallest absolute Gasteiger partial charge is 0.0191 e. The molecule has 2 nitrogen and oxygen atoms in total. The first-order chi connectivity index (χ1) is 8.17. The molecule has 0 aromatic heterocycles. The molecule has 1 fully saturated rings. The number of hydrogen-bond donors (Lipinski definition) is 1. The van der Waals surface area contributed by atoms with Gasteiger partial charge in [0.2, 0.25) is 0 Å². The van der Waals surface area contributed by atoms with Crippen LogP contribution in [0, 0.1) is 5.41 Å². The summed E-state index contributed by atoms with van der Waals surface area (Å²) in [6.07, 6.45) is 3.94. The standard InChI is InChI=1S/C14H30N2S/c1-5-14(6-2,11-15-7-3)12-16(4)13-8-9-17-10-13/h13,15H,5-12H2,1-4H3. The maximum absolute atomic E-state index is 3.56. The SMILES string of the molecule is CCNCC(CC)(CC)CN(C)C1CCSC1. The first-order valence-electron chi connectivity index (χ1n) is 7.16. The summed E-state index contributed by atoms with van der Waals surface area (Å²) in [5, 5.41) is 3.56. The molecule has 0 aromatic carbocycles. The average Bonchev–Trinajstić information content (AvgIpc) is 2.88. The van der Waals surface area contributed by atoms with Crippen molar-refractivity contribution in [2.75, 3.05) is 38.2 Å². The molecule has 0 aromatic rings. The van der Waals surface area contributed by atoms with Crippen LogP contribution < -0.4 is 5.32 Å². The highest BCUT2D eigenvalue weighted by Gasteiger charge is 2.30. The molecule has 0 amide bonds. The van der Waals surface area contributed by atoms with Crippen LogP contribution in [0.25, 0.3) is 0 Å². The molecule has 0 spiro atoms. The topological polar surface area (TPSA) is 15.3 Å². The molecule has 1 heterocycles. The van der Waals surface area contributed by atoms with Crippen LogP contribution in [0.4, 0.5) is 0 Å². The summed E-state index contributed by atoms with van der Waals surface area (Å²) in [6, 6.07) is 0.819. The second kappa shape index (κ2) is 7.65. The third-order valence-corrected chi connectivity index (χ3v) is 5.51. The van der Waals surface area contributed by atoms with Gasteiger partial charge in [-0.1, -0.05) is 20.8 Å². The van der Waals surface area contributed by atoms with Crippen molar-refractivity contribution in [3.63, 3.8) is 0 Å². The molecule has 1 saturated heterocycles. The molecule has 102 valence electrons. The molecular formula is C14H30N2S. The molecule has 0 aliphatic carbocycles. The summed E-state index contributed by atoms with van der Waals surface area (Å²) >= 11 is 2.11. The Labute approximate surface area is 112 Å². The number of thioether (sulfide) groups is 1. The van der Waals surface area contributed by atoms with E-state index in [1.807, 2.05) is 0 Å². The van der Waals surface area contributed by atoms with Gasteiger partial charge in [0, 0.05) is 24.9 Å². The van der Waals surface area contributed by atoms with Crippen molar-refractivity contribution < 1.29 is 0 Å².